The number of methoxy groups -OCH3 is 1. The standard InChI is InChI=1S/C12H14O3/c1-14-12(7-8-12)11(13)15-9-10-5-3-2-4-6-10/h2-6H,7-9H2,1H3. The predicted molar refractivity (Wildman–Crippen MR) is 55.2 cm³/mol. The van der Waals surface area contributed by atoms with Crippen molar-refractivity contribution >= 4 is 5.97 Å². The van der Waals surface area contributed by atoms with Gasteiger partial charge in [-0.15, -0.1) is 0 Å². The molecule has 0 unspecified atom stereocenters. The highest BCUT2D eigenvalue weighted by Crippen LogP contribution is 2.40. The molecule has 0 amide bonds. The molecule has 3 nitrogen and oxygen atoms in total. The highest BCUT2D eigenvalue weighted by molar-refractivity contribution is 5.82. The van der Waals surface area contributed by atoms with Crippen molar-refractivity contribution in [1.29, 1.82) is 0 Å². The Morgan fingerprint density at radius 2 is 2.00 bits per heavy atom. The molecule has 0 N–H and O–H groups in total. The molecule has 1 aromatic rings. The molecule has 2 rings (SSSR count). The summed E-state index contributed by atoms with van der Waals surface area (Å²) in [6.45, 7) is 0.324. The molecule has 80 valence electrons. The van der Waals surface area contributed by atoms with Crippen LogP contribution in [0.25, 0.3) is 0 Å². The third-order valence-corrected chi connectivity index (χ3v) is 2.68. The lowest BCUT2D eigenvalue weighted by atomic mass is 10.2. The third kappa shape index (κ3) is 2.18. The van der Waals surface area contributed by atoms with E-state index < -0.39 is 5.60 Å². The Morgan fingerprint density at radius 3 is 2.53 bits per heavy atom. The van der Waals surface area contributed by atoms with Gasteiger partial charge in [0, 0.05) is 7.11 Å². The van der Waals surface area contributed by atoms with E-state index in [1.165, 1.54) is 0 Å². The first-order chi connectivity index (χ1) is 7.27. The van der Waals surface area contributed by atoms with Gasteiger partial charge in [-0.1, -0.05) is 30.3 Å². The van der Waals surface area contributed by atoms with Crippen LogP contribution in [-0.2, 0) is 20.9 Å². The van der Waals surface area contributed by atoms with Gasteiger partial charge in [0.2, 0.25) is 0 Å². The van der Waals surface area contributed by atoms with Gasteiger partial charge in [0.1, 0.15) is 6.61 Å². The Labute approximate surface area is 89.0 Å². The number of ether oxygens (including phenoxy) is 2. The molecule has 0 atom stereocenters. The Balaban J connectivity index is 1.86. The van der Waals surface area contributed by atoms with Crippen LogP contribution in [0.15, 0.2) is 30.3 Å². The van der Waals surface area contributed by atoms with Crippen molar-refractivity contribution < 1.29 is 14.3 Å². The van der Waals surface area contributed by atoms with Crippen LogP contribution in [0.3, 0.4) is 0 Å². The molecule has 15 heavy (non-hydrogen) atoms. The average Bonchev–Trinajstić information content (AvgIpc) is 3.08. The molecule has 3 heteroatoms. The number of carbonyl (C=O) groups excluding carboxylic acids is 1. The maximum Gasteiger partial charge on any atom is 0.338 e. The summed E-state index contributed by atoms with van der Waals surface area (Å²) in [4.78, 5) is 11.6. The fraction of sp³-hybridized carbons (Fsp3) is 0.417. The Bertz CT molecular complexity index is 341. The van der Waals surface area contributed by atoms with E-state index in [-0.39, 0.29) is 5.97 Å². The van der Waals surface area contributed by atoms with Gasteiger partial charge in [-0.2, -0.15) is 0 Å². The molecule has 1 aliphatic rings. The van der Waals surface area contributed by atoms with E-state index in [0.29, 0.717) is 6.61 Å². The molecular formula is C12H14O3. The minimum Gasteiger partial charge on any atom is -0.459 e. The van der Waals surface area contributed by atoms with Crippen molar-refractivity contribution in [2.45, 2.75) is 25.0 Å². The highest BCUT2D eigenvalue weighted by Gasteiger charge is 2.52. The normalized spacial score (nSPS) is 17.1. The summed E-state index contributed by atoms with van der Waals surface area (Å²) in [6.07, 6.45) is 1.55. The number of carbonyl (C=O) groups is 1. The van der Waals surface area contributed by atoms with E-state index in [1.54, 1.807) is 7.11 Å². The molecule has 1 aliphatic carbocycles. The molecule has 1 saturated carbocycles. The quantitative estimate of drug-likeness (QED) is 0.706. The van der Waals surface area contributed by atoms with Crippen LogP contribution in [0.4, 0.5) is 0 Å². The van der Waals surface area contributed by atoms with E-state index in [1.807, 2.05) is 30.3 Å². The van der Waals surface area contributed by atoms with Crippen LogP contribution in [0.1, 0.15) is 18.4 Å². The van der Waals surface area contributed by atoms with Crippen molar-refractivity contribution in [3.05, 3.63) is 35.9 Å². The molecule has 0 bridgehead atoms. The summed E-state index contributed by atoms with van der Waals surface area (Å²) in [5.41, 5.74) is 0.368. The lowest BCUT2D eigenvalue weighted by molar-refractivity contribution is -0.159. The first-order valence-corrected chi connectivity index (χ1v) is 5.03. The van der Waals surface area contributed by atoms with Crippen LogP contribution in [0.2, 0.25) is 0 Å². The lowest BCUT2D eigenvalue weighted by Crippen LogP contribution is -2.27. The number of benzene rings is 1. The maximum absolute atomic E-state index is 11.6. The molecule has 0 radical (unpaired) electrons. The summed E-state index contributed by atoms with van der Waals surface area (Å²) in [5.74, 6) is -0.242. The molecule has 0 saturated heterocycles. The zero-order chi connectivity index (χ0) is 10.7. The van der Waals surface area contributed by atoms with Gasteiger partial charge >= 0.3 is 5.97 Å². The first kappa shape index (κ1) is 10.2. The molecule has 0 spiro atoms. The third-order valence-electron chi connectivity index (χ3n) is 2.68. The van der Waals surface area contributed by atoms with Gasteiger partial charge in [-0.05, 0) is 18.4 Å². The maximum atomic E-state index is 11.6. The van der Waals surface area contributed by atoms with Gasteiger partial charge in [0.15, 0.2) is 5.60 Å². The van der Waals surface area contributed by atoms with E-state index in [2.05, 4.69) is 0 Å². The van der Waals surface area contributed by atoms with Crippen LogP contribution in [0, 0.1) is 0 Å². The van der Waals surface area contributed by atoms with Crippen LogP contribution >= 0.6 is 0 Å². The van der Waals surface area contributed by atoms with Crippen LogP contribution < -0.4 is 0 Å². The summed E-state index contributed by atoms with van der Waals surface area (Å²) in [5, 5.41) is 0. The second kappa shape index (κ2) is 4.03. The van der Waals surface area contributed by atoms with E-state index >= 15 is 0 Å². The minimum atomic E-state index is -0.630. The van der Waals surface area contributed by atoms with E-state index in [4.69, 9.17) is 9.47 Å². The topological polar surface area (TPSA) is 35.5 Å². The number of esters is 1. The second-order valence-electron chi connectivity index (χ2n) is 3.76. The van der Waals surface area contributed by atoms with Crippen molar-refractivity contribution in [2.75, 3.05) is 7.11 Å². The number of hydrogen-bond donors (Lipinski definition) is 0. The Kier molecular flexibility index (Phi) is 2.73. The molecule has 0 heterocycles. The molecule has 1 fully saturated rings. The van der Waals surface area contributed by atoms with Crippen LogP contribution in [0.5, 0.6) is 0 Å². The fourth-order valence-electron chi connectivity index (χ4n) is 1.46. The Hall–Kier alpha value is -1.35. The van der Waals surface area contributed by atoms with Crippen molar-refractivity contribution in [2.24, 2.45) is 0 Å². The fourth-order valence-corrected chi connectivity index (χ4v) is 1.46. The van der Waals surface area contributed by atoms with Gasteiger partial charge < -0.3 is 9.47 Å². The molecule has 0 aliphatic heterocycles. The number of rotatable bonds is 4. The Morgan fingerprint density at radius 1 is 1.33 bits per heavy atom. The monoisotopic (exact) mass is 206 g/mol. The van der Waals surface area contributed by atoms with Gasteiger partial charge in [0.25, 0.3) is 0 Å². The molecular weight excluding hydrogens is 192 g/mol. The number of hydrogen-bond acceptors (Lipinski definition) is 3. The summed E-state index contributed by atoms with van der Waals surface area (Å²) in [6, 6.07) is 9.64. The summed E-state index contributed by atoms with van der Waals surface area (Å²) < 4.78 is 10.3. The smallest absolute Gasteiger partial charge is 0.338 e. The van der Waals surface area contributed by atoms with Gasteiger partial charge in [0.05, 0.1) is 0 Å². The average molecular weight is 206 g/mol. The van der Waals surface area contributed by atoms with Gasteiger partial charge in [-0.25, -0.2) is 4.79 Å². The summed E-state index contributed by atoms with van der Waals surface area (Å²) in [7, 11) is 1.55. The highest BCUT2D eigenvalue weighted by atomic mass is 16.6. The van der Waals surface area contributed by atoms with Gasteiger partial charge in [-0.3, -0.25) is 0 Å². The molecule has 0 aromatic heterocycles. The SMILES string of the molecule is COC1(C(=O)OCc2ccccc2)CC1. The van der Waals surface area contributed by atoms with Crippen LogP contribution in [-0.4, -0.2) is 18.7 Å². The second-order valence-corrected chi connectivity index (χ2v) is 3.76. The largest absolute Gasteiger partial charge is 0.459 e. The lowest BCUT2D eigenvalue weighted by Gasteiger charge is -2.12. The van der Waals surface area contributed by atoms with Crippen molar-refractivity contribution in [3.8, 4) is 0 Å². The van der Waals surface area contributed by atoms with Crippen molar-refractivity contribution in [3.63, 3.8) is 0 Å². The van der Waals surface area contributed by atoms with E-state index in [9.17, 15) is 4.79 Å². The van der Waals surface area contributed by atoms with E-state index in [0.717, 1.165) is 18.4 Å². The predicted octanol–water partition coefficient (Wildman–Crippen LogP) is 1.91. The zero-order valence-electron chi connectivity index (χ0n) is 8.73. The first-order valence-electron chi connectivity index (χ1n) is 5.03. The molecule has 1 aromatic carbocycles. The summed E-state index contributed by atoms with van der Waals surface area (Å²) >= 11 is 0. The zero-order valence-corrected chi connectivity index (χ0v) is 8.73. The minimum absolute atomic E-state index is 0.242. The van der Waals surface area contributed by atoms with Crippen molar-refractivity contribution in [1.82, 2.24) is 0 Å².